The lowest BCUT2D eigenvalue weighted by Gasteiger charge is -1.81. The first-order chi connectivity index (χ1) is 3.27. The Balaban J connectivity index is 3.43. The maximum atomic E-state index is 3.45. The highest BCUT2D eigenvalue weighted by atomic mass is 13.8. The molecular formula is C7H9. The molecule has 0 unspecified atom stereocenters. The molecule has 0 nitrogen and oxygen atoms in total. The van der Waals surface area contributed by atoms with Crippen LogP contribution in [0.2, 0.25) is 0 Å². The third kappa shape index (κ3) is 5.30. The molecule has 7 heavy (non-hydrogen) atoms. The summed E-state index contributed by atoms with van der Waals surface area (Å²) in [6.45, 7) is 7.38. The Bertz CT molecular complexity index is 98.9. The van der Waals surface area contributed by atoms with E-state index in [4.69, 9.17) is 0 Å². The van der Waals surface area contributed by atoms with Gasteiger partial charge in [-0.1, -0.05) is 18.4 Å². The Hall–Kier alpha value is -0.700. The molecule has 0 aliphatic carbocycles. The summed E-state index contributed by atoms with van der Waals surface area (Å²) < 4.78 is 0. The summed E-state index contributed by atoms with van der Waals surface area (Å²) in [6.07, 6.45) is 1.59. The van der Waals surface area contributed by atoms with E-state index in [9.17, 15) is 0 Å². The van der Waals surface area contributed by atoms with Crippen molar-refractivity contribution < 1.29 is 0 Å². The van der Waals surface area contributed by atoms with Gasteiger partial charge >= 0.3 is 0 Å². The number of hydrogen-bond donors (Lipinski definition) is 0. The predicted molar refractivity (Wildman–Crippen MR) is 32.6 cm³/mol. The minimum atomic E-state index is 1.12. The van der Waals surface area contributed by atoms with E-state index < -0.39 is 0 Å². The molecule has 0 rings (SSSR count). The van der Waals surface area contributed by atoms with Crippen LogP contribution in [-0.2, 0) is 0 Å². The van der Waals surface area contributed by atoms with Crippen LogP contribution in [-0.4, -0.2) is 0 Å². The fourth-order valence-electron chi connectivity index (χ4n) is 0.195. The molecule has 0 amide bonds. The molecule has 0 atom stereocenters. The van der Waals surface area contributed by atoms with Gasteiger partial charge in [0.2, 0.25) is 0 Å². The van der Waals surface area contributed by atoms with E-state index in [2.05, 4.69) is 18.4 Å². The van der Waals surface area contributed by atoms with Gasteiger partial charge in [-0.3, -0.25) is 0 Å². The molecule has 0 saturated carbocycles. The minimum absolute atomic E-state index is 1.12. The van der Waals surface area contributed by atoms with Gasteiger partial charge in [0.1, 0.15) is 0 Å². The average Bonchev–Trinajstić information content (AvgIpc) is 1.61. The van der Waals surface area contributed by atoms with Gasteiger partial charge in [-0.2, -0.15) is 0 Å². The first-order valence-corrected chi connectivity index (χ1v) is 2.20. The Morgan fingerprint density at radius 1 is 1.57 bits per heavy atom. The lowest BCUT2D eigenvalue weighted by Crippen LogP contribution is -1.71. The predicted octanol–water partition coefficient (Wildman–Crippen LogP) is 1.79. The van der Waals surface area contributed by atoms with Crippen molar-refractivity contribution in [3.05, 3.63) is 18.6 Å². The van der Waals surface area contributed by atoms with E-state index in [0.29, 0.717) is 0 Å². The van der Waals surface area contributed by atoms with E-state index in [0.717, 1.165) is 5.92 Å². The lowest BCUT2D eigenvalue weighted by atomic mass is 10.2. The monoisotopic (exact) mass is 93.1 g/mol. The summed E-state index contributed by atoms with van der Waals surface area (Å²) in [4.78, 5) is 0. The Labute approximate surface area is 45.2 Å². The molecule has 0 spiro atoms. The van der Waals surface area contributed by atoms with Crippen molar-refractivity contribution in [1.82, 2.24) is 0 Å². The average molecular weight is 93.1 g/mol. The van der Waals surface area contributed by atoms with Crippen LogP contribution in [0.3, 0.4) is 0 Å². The number of rotatable bonds is 0. The summed E-state index contributed by atoms with van der Waals surface area (Å²) in [6, 6.07) is 0. The van der Waals surface area contributed by atoms with Crippen LogP contribution in [0, 0.1) is 17.8 Å². The topological polar surface area (TPSA) is 0 Å². The second-order valence-corrected chi connectivity index (χ2v) is 1.47. The molecule has 0 bridgehead atoms. The molecule has 0 aromatic rings. The molecule has 0 aliphatic rings. The van der Waals surface area contributed by atoms with Crippen LogP contribution in [0.5, 0.6) is 0 Å². The molecule has 0 aromatic heterocycles. The second kappa shape index (κ2) is 3.49. The molecule has 0 aliphatic heterocycles. The summed E-state index contributed by atoms with van der Waals surface area (Å²) in [5, 5.41) is 0. The van der Waals surface area contributed by atoms with Crippen molar-refractivity contribution in [2.24, 2.45) is 0 Å². The summed E-state index contributed by atoms with van der Waals surface area (Å²) in [7, 11) is 0. The zero-order chi connectivity index (χ0) is 5.70. The largest absolute Gasteiger partial charge is 0.0907 e. The van der Waals surface area contributed by atoms with Gasteiger partial charge in [-0.25, -0.2) is 0 Å². The van der Waals surface area contributed by atoms with Crippen LogP contribution < -0.4 is 0 Å². The first kappa shape index (κ1) is 6.30. The zero-order valence-corrected chi connectivity index (χ0v) is 4.78. The van der Waals surface area contributed by atoms with Crippen molar-refractivity contribution in [3.8, 4) is 11.8 Å². The fourth-order valence-corrected chi connectivity index (χ4v) is 0.195. The Morgan fingerprint density at radius 3 is 2.29 bits per heavy atom. The standard InChI is InChI=1S/C7H9/c1-4-5-6-7(2)3/h4H,1H2,2-3H3. The van der Waals surface area contributed by atoms with Crippen molar-refractivity contribution in [3.63, 3.8) is 0 Å². The molecule has 0 aromatic carbocycles. The summed E-state index contributed by atoms with van der Waals surface area (Å²) in [5.41, 5.74) is 0. The quantitative estimate of drug-likeness (QED) is 0.400. The van der Waals surface area contributed by atoms with Crippen LogP contribution in [0.25, 0.3) is 0 Å². The summed E-state index contributed by atoms with van der Waals surface area (Å²) >= 11 is 0. The van der Waals surface area contributed by atoms with E-state index in [1.54, 1.807) is 6.08 Å². The highest BCUT2D eigenvalue weighted by Gasteiger charge is 1.77. The molecular weight excluding hydrogens is 84.1 g/mol. The number of hydrogen-bond acceptors (Lipinski definition) is 0. The SMILES string of the molecule is C=CC#C[C](C)C. The van der Waals surface area contributed by atoms with Crippen LogP contribution >= 0.6 is 0 Å². The lowest BCUT2D eigenvalue weighted by molar-refractivity contribution is 1.25. The molecule has 0 heteroatoms. The van der Waals surface area contributed by atoms with Gasteiger partial charge in [0.15, 0.2) is 0 Å². The highest BCUT2D eigenvalue weighted by molar-refractivity contribution is 5.23. The van der Waals surface area contributed by atoms with Crippen molar-refractivity contribution in [2.45, 2.75) is 13.8 Å². The van der Waals surface area contributed by atoms with Gasteiger partial charge in [-0.15, -0.1) is 0 Å². The molecule has 1 radical (unpaired) electrons. The highest BCUT2D eigenvalue weighted by Crippen LogP contribution is 1.87. The molecule has 0 heterocycles. The van der Waals surface area contributed by atoms with Crippen molar-refractivity contribution >= 4 is 0 Å². The zero-order valence-electron chi connectivity index (χ0n) is 4.78. The third-order valence-electron chi connectivity index (χ3n) is 0.424. The third-order valence-corrected chi connectivity index (χ3v) is 0.424. The number of allylic oxidation sites excluding steroid dienone is 1. The van der Waals surface area contributed by atoms with Crippen LogP contribution in [0.15, 0.2) is 12.7 Å². The van der Waals surface area contributed by atoms with Gasteiger partial charge in [0, 0.05) is 5.92 Å². The van der Waals surface area contributed by atoms with E-state index in [-0.39, 0.29) is 0 Å². The van der Waals surface area contributed by atoms with Crippen molar-refractivity contribution in [2.75, 3.05) is 0 Å². The Morgan fingerprint density at radius 2 is 2.14 bits per heavy atom. The molecule has 0 N–H and O–H groups in total. The Kier molecular flexibility index (Phi) is 3.14. The van der Waals surface area contributed by atoms with E-state index >= 15 is 0 Å². The molecule has 0 fully saturated rings. The molecule has 0 saturated heterocycles. The minimum Gasteiger partial charge on any atom is -0.0907 e. The fraction of sp³-hybridized carbons (Fsp3) is 0.286. The summed E-state index contributed by atoms with van der Waals surface area (Å²) in [5.74, 6) is 6.69. The van der Waals surface area contributed by atoms with Gasteiger partial charge in [-0.05, 0) is 19.9 Å². The van der Waals surface area contributed by atoms with Gasteiger partial charge in [0.25, 0.3) is 0 Å². The first-order valence-electron chi connectivity index (χ1n) is 2.20. The smallest absolute Gasteiger partial charge is 0.0422 e. The second-order valence-electron chi connectivity index (χ2n) is 1.47. The van der Waals surface area contributed by atoms with Gasteiger partial charge < -0.3 is 0 Å². The van der Waals surface area contributed by atoms with Crippen LogP contribution in [0.4, 0.5) is 0 Å². The maximum absolute atomic E-state index is 3.45. The normalized spacial score (nSPS) is 7.29. The van der Waals surface area contributed by atoms with E-state index in [1.165, 1.54) is 0 Å². The van der Waals surface area contributed by atoms with E-state index in [1.807, 2.05) is 13.8 Å². The maximum Gasteiger partial charge on any atom is 0.0422 e. The molecule has 37 valence electrons. The van der Waals surface area contributed by atoms with Crippen molar-refractivity contribution in [1.29, 1.82) is 0 Å². The van der Waals surface area contributed by atoms with Crippen LogP contribution in [0.1, 0.15) is 13.8 Å². The van der Waals surface area contributed by atoms with Gasteiger partial charge in [0.05, 0.1) is 0 Å².